The van der Waals surface area contributed by atoms with Crippen LogP contribution in [-0.4, -0.2) is 4.98 Å². The van der Waals surface area contributed by atoms with Crippen molar-refractivity contribution in [3.63, 3.8) is 0 Å². The van der Waals surface area contributed by atoms with Gasteiger partial charge in [0.05, 0.1) is 4.88 Å². The van der Waals surface area contributed by atoms with E-state index in [1.54, 1.807) is 11.3 Å². The minimum Gasteiger partial charge on any atom is -0.325 e. The molecule has 0 saturated carbocycles. The molecule has 0 aliphatic rings. The van der Waals surface area contributed by atoms with Gasteiger partial charge in [-0.2, -0.15) is 0 Å². The van der Waals surface area contributed by atoms with E-state index in [0.29, 0.717) is 6.54 Å². The average molecular weight is 260 g/mol. The highest BCUT2D eigenvalue weighted by Crippen LogP contribution is 2.36. The van der Waals surface area contributed by atoms with E-state index in [2.05, 4.69) is 39.6 Å². The minimum absolute atomic E-state index is 0.520. The van der Waals surface area contributed by atoms with Crippen molar-refractivity contribution in [3.8, 4) is 10.4 Å². The highest BCUT2D eigenvalue weighted by Gasteiger charge is 2.15. The molecule has 0 unspecified atom stereocenters. The van der Waals surface area contributed by atoms with Crippen molar-refractivity contribution in [2.75, 3.05) is 0 Å². The van der Waals surface area contributed by atoms with Gasteiger partial charge >= 0.3 is 0 Å². The van der Waals surface area contributed by atoms with Crippen LogP contribution in [0, 0.1) is 34.6 Å². The number of hydrogen-bond donors (Lipinski definition) is 1. The predicted molar refractivity (Wildman–Crippen MR) is 79.1 cm³/mol. The number of benzene rings is 1. The van der Waals surface area contributed by atoms with Gasteiger partial charge in [0, 0.05) is 12.7 Å². The van der Waals surface area contributed by atoms with Crippen LogP contribution in [0.2, 0.25) is 0 Å². The topological polar surface area (TPSA) is 38.9 Å². The van der Waals surface area contributed by atoms with Crippen molar-refractivity contribution < 1.29 is 0 Å². The van der Waals surface area contributed by atoms with E-state index >= 15 is 0 Å². The molecule has 0 bridgehead atoms. The van der Waals surface area contributed by atoms with Crippen LogP contribution in [-0.2, 0) is 6.54 Å². The Bertz CT molecular complexity index is 568. The summed E-state index contributed by atoms with van der Waals surface area (Å²) in [5.74, 6) is 0. The van der Waals surface area contributed by atoms with Crippen LogP contribution < -0.4 is 5.73 Å². The normalized spacial score (nSPS) is 11.0. The van der Waals surface area contributed by atoms with Crippen molar-refractivity contribution in [1.29, 1.82) is 0 Å². The lowest BCUT2D eigenvalue weighted by Gasteiger charge is -2.17. The Kier molecular flexibility index (Phi) is 3.55. The maximum Gasteiger partial charge on any atom is 0.107 e. The zero-order valence-electron chi connectivity index (χ0n) is 11.7. The minimum atomic E-state index is 0.520. The average Bonchev–Trinajstić information content (AvgIpc) is 2.83. The maximum atomic E-state index is 5.65. The third-order valence-corrected chi connectivity index (χ3v) is 5.01. The zero-order chi connectivity index (χ0) is 13.4. The van der Waals surface area contributed by atoms with Crippen molar-refractivity contribution >= 4 is 11.3 Å². The molecule has 0 saturated heterocycles. The molecule has 0 aliphatic heterocycles. The molecule has 1 aromatic heterocycles. The Morgan fingerprint density at radius 3 is 1.89 bits per heavy atom. The molecule has 0 atom stereocenters. The van der Waals surface area contributed by atoms with E-state index in [0.717, 1.165) is 5.01 Å². The first-order valence-electron chi connectivity index (χ1n) is 6.19. The van der Waals surface area contributed by atoms with Crippen LogP contribution in [0.25, 0.3) is 10.4 Å². The SMILES string of the molecule is Cc1c(C)c(C)c(-c2cnc(CN)s2)c(C)c1C. The summed E-state index contributed by atoms with van der Waals surface area (Å²) >= 11 is 1.70. The number of rotatable bonds is 2. The molecule has 0 amide bonds. The van der Waals surface area contributed by atoms with Crippen molar-refractivity contribution in [1.82, 2.24) is 4.98 Å². The van der Waals surface area contributed by atoms with Crippen LogP contribution in [0.1, 0.15) is 32.8 Å². The van der Waals surface area contributed by atoms with Gasteiger partial charge in [0.15, 0.2) is 0 Å². The second kappa shape index (κ2) is 4.82. The molecular weight excluding hydrogens is 240 g/mol. The highest BCUT2D eigenvalue weighted by molar-refractivity contribution is 7.15. The lowest BCUT2D eigenvalue weighted by Crippen LogP contribution is -1.98. The molecule has 2 aromatic rings. The Morgan fingerprint density at radius 2 is 1.44 bits per heavy atom. The lowest BCUT2D eigenvalue weighted by atomic mass is 9.89. The largest absolute Gasteiger partial charge is 0.325 e. The number of nitrogens with zero attached hydrogens (tertiary/aromatic N) is 1. The van der Waals surface area contributed by atoms with Gasteiger partial charge in [-0.25, -0.2) is 4.98 Å². The van der Waals surface area contributed by atoms with E-state index in [4.69, 9.17) is 5.73 Å². The fourth-order valence-electron chi connectivity index (χ4n) is 2.39. The number of aromatic nitrogens is 1. The Morgan fingerprint density at radius 1 is 0.944 bits per heavy atom. The molecule has 1 heterocycles. The maximum absolute atomic E-state index is 5.65. The van der Waals surface area contributed by atoms with Gasteiger partial charge in [0.2, 0.25) is 0 Å². The van der Waals surface area contributed by atoms with Gasteiger partial charge in [0.1, 0.15) is 5.01 Å². The second-order valence-electron chi connectivity index (χ2n) is 4.82. The summed E-state index contributed by atoms with van der Waals surface area (Å²) in [6.45, 7) is 11.5. The molecule has 0 spiro atoms. The third-order valence-electron chi connectivity index (χ3n) is 3.97. The van der Waals surface area contributed by atoms with E-state index in [1.807, 2.05) is 6.20 Å². The monoisotopic (exact) mass is 260 g/mol. The van der Waals surface area contributed by atoms with Gasteiger partial charge in [-0.05, 0) is 68.0 Å². The van der Waals surface area contributed by atoms with Crippen LogP contribution in [0.5, 0.6) is 0 Å². The fraction of sp³-hybridized carbons (Fsp3) is 0.400. The summed E-state index contributed by atoms with van der Waals surface area (Å²) in [6, 6.07) is 0. The Hall–Kier alpha value is -1.19. The van der Waals surface area contributed by atoms with Crippen LogP contribution in [0.4, 0.5) is 0 Å². The summed E-state index contributed by atoms with van der Waals surface area (Å²) in [5.41, 5.74) is 13.9. The van der Waals surface area contributed by atoms with Crippen LogP contribution >= 0.6 is 11.3 Å². The molecule has 2 N–H and O–H groups in total. The first-order valence-corrected chi connectivity index (χ1v) is 7.01. The molecule has 2 nitrogen and oxygen atoms in total. The van der Waals surface area contributed by atoms with E-state index in [1.165, 1.54) is 38.3 Å². The van der Waals surface area contributed by atoms with Crippen molar-refractivity contribution in [3.05, 3.63) is 39.0 Å². The highest BCUT2D eigenvalue weighted by atomic mass is 32.1. The summed E-state index contributed by atoms with van der Waals surface area (Å²) in [5, 5.41) is 1.000. The molecule has 0 aliphatic carbocycles. The summed E-state index contributed by atoms with van der Waals surface area (Å²) in [7, 11) is 0. The van der Waals surface area contributed by atoms with E-state index in [9.17, 15) is 0 Å². The second-order valence-corrected chi connectivity index (χ2v) is 5.94. The van der Waals surface area contributed by atoms with Crippen molar-refractivity contribution in [2.24, 2.45) is 5.73 Å². The Balaban J connectivity index is 2.71. The predicted octanol–water partition coefficient (Wildman–Crippen LogP) is 3.81. The molecule has 96 valence electrons. The summed E-state index contributed by atoms with van der Waals surface area (Å²) < 4.78 is 0. The molecule has 18 heavy (non-hydrogen) atoms. The first kappa shape index (κ1) is 13.2. The smallest absolute Gasteiger partial charge is 0.107 e. The van der Waals surface area contributed by atoms with Gasteiger partial charge in [-0.15, -0.1) is 11.3 Å². The van der Waals surface area contributed by atoms with Gasteiger partial charge in [0.25, 0.3) is 0 Å². The number of thiazole rings is 1. The zero-order valence-corrected chi connectivity index (χ0v) is 12.5. The van der Waals surface area contributed by atoms with E-state index in [-0.39, 0.29) is 0 Å². The summed E-state index contributed by atoms with van der Waals surface area (Å²) in [6.07, 6.45) is 1.95. The van der Waals surface area contributed by atoms with Crippen molar-refractivity contribution in [2.45, 2.75) is 41.2 Å². The Labute approximate surface area is 113 Å². The fourth-order valence-corrected chi connectivity index (χ4v) is 3.35. The standard InChI is InChI=1S/C15H20N2S/c1-8-9(2)11(4)15(12(5)10(8)3)13-7-17-14(6-16)18-13/h7H,6,16H2,1-5H3. The first-order chi connectivity index (χ1) is 8.47. The number of nitrogens with two attached hydrogens (primary N) is 1. The van der Waals surface area contributed by atoms with Gasteiger partial charge in [-0.3, -0.25) is 0 Å². The lowest BCUT2D eigenvalue weighted by molar-refractivity contribution is 1.04. The molecule has 1 aromatic carbocycles. The molecule has 2 rings (SSSR count). The van der Waals surface area contributed by atoms with Gasteiger partial charge in [-0.1, -0.05) is 0 Å². The quantitative estimate of drug-likeness (QED) is 0.891. The van der Waals surface area contributed by atoms with Crippen LogP contribution in [0.3, 0.4) is 0 Å². The molecule has 3 heteroatoms. The molecule has 0 radical (unpaired) electrons. The molecule has 0 fully saturated rings. The van der Waals surface area contributed by atoms with Gasteiger partial charge < -0.3 is 5.73 Å². The summed E-state index contributed by atoms with van der Waals surface area (Å²) in [4.78, 5) is 5.60. The van der Waals surface area contributed by atoms with Crippen LogP contribution in [0.15, 0.2) is 6.20 Å². The molecular formula is C15H20N2S. The van der Waals surface area contributed by atoms with E-state index < -0.39 is 0 Å². The third kappa shape index (κ3) is 1.98. The number of hydrogen-bond acceptors (Lipinski definition) is 3.